The summed E-state index contributed by atoms with van der Waals surface area (Å²) in [4.78, 5) is 2.16. The third-order valence-corrected chi connectivity index (χ3v) is 2.80. The van der Waals surface area contributed by atoms with Gasteiger partial charge in [0.15, 0.2) is 0 Å². The van der Waals surface area contributed by atoms with Gasteiger partial charge in [-0.2, -0.15) is 0 Å². The van der Waals surface area contributed by atoms with Crippen LogP contribution in [0.2, 0.25) is 0 Å². The van der Waals surface area contributed by atoms with Crippen molar-refractivity contribution in [3.8, 4) is 0 Å². The van der Waals surface area contributed by atoms with Crippen molar-refractivity contribution in [3.05, 3.63) is 60.4 Å². The van der Waals surface area contributed by atoms with Gasteiger partial charge in [0, 0.05) is 31.5 Å². The van der Waals surface area contributed by atoms with E-state index in [4.69, 9.17) is 0 Å². The van der Waals surface area contributed by atoms with Crippen LogP contribution in [0.5, 0.6) is 0 Å². The molecule has 2 aromatic rings. The number of hydrogen-bond donors (Lipinski definition) is 1. The van der Waals surface area contributed by atoms with Gasteiger partial charge in [0.1, 0.15) is 5.82 Å². The molecule has 2 rings (SSSR count). The summed E-state index contributed by atoms with van der Waals surface area (Å²) >= 11 is 0. The van der Waals surface area contributed by atoms with E-state index in [0.29, 0.717) is 0 Å². The second kappa shape index (κ2) is 6.05. The van der Waals surface area contributed by atoms with Gasteiger partial charge in [-0.05, 0) is 30.3 Å². The number of likely N-dealkylation sites (N-methyl/N-ethyl adjacent to an activating group) is 1. The van der Waals surface area contributed by atoms with E-state index < -0.39 is 0 Å². The van der Waals surface area contributed by atoms with Crippen molar-refractivity contribution in [1.82, 2.24) is 0 Å². The van der Waals surface area contributed by atoms with E-state index in [1.165, 1.54) is 17.8 Å². The van der Waals surface area contributed by atoms with E-state index in [0.717, 1.165) is 18.8 Å². The lowest BCUT2D eigenvalue weighted by Gasteiger charge is -2.19. The molecule has 0 amide bonds. The first kappa shape index (κ1) is 12.4. The Kier molecular flexibility index (Phi) is 4.18. The van der Waals surface area contributed by atoms with Crippen LogP contribution in [0.3, 0.4) is 0 Å². The van der Waals surface area contributed by atoms with Crippen molar-refractivity contribution in [2.24, 2.45) is 0 Å². The third-order valence-electron chi connectivity index (χ3n) is 2.80. The van der Waals surface area contributed by atoms with E-state index >= 15 is 0 Å². The maximum atomic E-state index is 13.0. The van der Waals surface area contributed by atoms with Gasteiger partial charge >= 0.3 is 0 Å². The molecule has 0 unspecified atom stereocenters. The minimum atomic E-state index is -0.212. The largest absolute Gasteiger partial charge is 0.383 e. The summed E-state index contributed by atoms with van der Waals surface area (Å²) in [6, 6.07) is 16.7. The molecule has 0 saturated heterocycles. The maximum Gasteiger partial charge on any atom is 0.125 e. The lowest BCUT2D eigenvalue weighted by molar-refractivity contribution is 0.628. The van der Waals surface area contributed by atoms with Crippen molar-refractivity contribution < 1.29 is 4.39 Å². The van der Waals surface area contributed by atoms with E-state index in [9.17, 15) is 4.39 Å². The van der Waals surface area contributed by atoms with Crippen LogP contribution in [0.25, 0.3) is 0 Å². The second-order valence-electron chi connectivity index (χ2n) is 4.19. The molecule has 0 spiro atoms. The number of benzene rings is 2. The zero-order chi connectivity index (χ0) is 12.8. The minimum Gasteiger partial charge on any atom is -0.383 e. The summed E-state index contributed by atoms with van der Waals surface area (Å²) in [5, 5.41) is 3.20. The van der Waals surface area contributed by atoms with Crippen LogP contribution in [0.15, 0.2) is 54.6 Å². The van der Waals surface area contributed by atoms with E-state index in [1.807, 2.05) is 31.3 Å². The molecule has 1 N–H and O–H groups in total. The molecule has 0 atom stereocenters. The quantitative estimate of drug-likeness (QED) is 0.867. The van der Waals surface area contributed by atoms with E-state index in [1.54, 1.807) is 6.07 Å². The van der Waals surface area contributed by atoms with Gasteiger partial charge in [0.25, 0.3) is 0 Å². The fourth-order valence-electron chi connectivity index (χ4n) is 1.78. The van der Waals surface area contributed by atoms with E-state index in [2.05, 4.69) is 22.3 Å². The summed E-state index contributed by atoms with van der Waals surface area (Å²) in [6.07, 6.45) is 0. The standard InChI is InChI=1S/C15H17FN2/c1-18(15-8-3-2-4-9-15)11-10-17-14-7-5-6-13(16)12-14/h2-9,12,17H,10-11H2,1H3. The average molecular weight is 244 g/mol. The number of halogens is 1. The number of nitrogens with one attached hydrogen (secondary N) is 1. The number of nitrogens with zero attached hydrogens (tertiary/aromatic N) is 1. The smallest absolute Gasteiger partial charge is 0.125 e. The number of hydrogen-bond acceptors (Lipinski definition) is 2. The van der Waals surface area contributed by atoms with Crippen LogP contribution in [0.4, 0.5) is 15.8 Å². The molecule has 0 aliphatic carbocycles. The number of para-hydroxylation sites is 1. The summed E-state index contributed by atoms with van der Waals surface area (Å²) < 4.78 is 13.0. The fourth-order valence-corrected chi connectivity index (χ4v) is 1.78. The predicted octanol–water partition coefficient (Wildman–Crippen LogP) is 3.37. The van der Waals surface area contributed by atoms with Gasteiger partial charge in [0.2, 0.25) is 0 Å². The summed E-state index contributed by atoms with van der Waals surface area (Å²) in [7, 11) is 2.04. The first-order valence-corrected chi connectivity index (χ1v) is 6.01. The molecule has 2 nitrogen and oxygen atoms in total. The normalized spacial score (nSPS) is 10.1. The average Bonchev–Trinajstić information content (AvgIpc) is 2.40. The van der Waals surface area contributed by atoms with Crippen LogP contribution in [0, 0.1) is 5.82 Å². The number of anilines is 2. The number of rotatable bonds is 5. The summed E-state index contributed by atoms with van der Waals surface area (Å²) in [5.41, 5.74) is 2.00. The van der Waals surface area contributed by atoms with Gasteiger partial charge in [-0.3, -0.25) is 0 Å². The molecule has 0 aromatic heterocycles. The lowest BCUT2D eigenvalue weighted by atomic mass is 10.3. The molecular weight excluding hydrogens is 227 g/mol. The Morgan fingerprint density at radius 1 is 1.06 bits per heavy atom. The van der Waals surface area contributed by atoms with Crippen molar-refractivity contribution in [1.29, 1.82) is 0 Å². The molecule has 0 bridgehead atoms. The molecule has 94 valence electrons. The Labute approximate surface area is 107 Å². The maximum absolute atomic E-state index is 13.0. The Hall–Kier alpha value is -2.03. The van der Waals surface area contributed by atoms with Crippen LogP contribution < -0.4 is 10.2 Å². The van der Waals surface area contributed by atoms with Crippen LogP contribution in [-0.2, 0) is 0 Å². The van der Waals surface area contributed by atoms with Crippen molar-refractivity contribution >= 4 is 11.4 Å². The zero-order valence-corrected chi connectivity index (χ0v) is 10.4. The molecule has 0 fully saturated rings. The molecule has 0 heterocycles. The van der Waals surface area contributed by atoms with Crippen molar-refractivity contribution in [3.63, 3.8) is 0 Å². The SMILES string of the molecule is CN(CCNc1cccc(F)c1)c1ccccc1. The summed E-state index contributed by atoms with van der Waals surface area (Å²) in [5.74, 6) is -0.212. The van der Waals surface area contributed by atoms with E-state index in [-0.39, 0.29) is 5.82 Å². The second-order valence-corrected chi connectivity index (χ2v) is 4.19. The van der Waals surface area contributed by atoms with Gasteiger partial charge < -0.3 is 10.2 Å². The molecule has 3 heteroatoms. The Morgan fingerprint density at radius 2 is 1.83 bits per heavy atom. The van der Waals surface area contributed by atoms with Gasteiger partial charge in [-0.25, -0.2) is 4.39 Å². The van der Waals surface area contributed by atoms with Crippen LogP contribution in [0.1, 0.15) is 0 Å². The topological polar surface area (TPSA) is 15.3 Å². The highest BCUT2D eigenvalue weighted by Gasteiger charge is 1.99. The first-order valence-electron chi connectivity index (χ1n) is 6.01. The molecule has 0 radical (unpaired) electrons. The Balaban J connectivity index is 1.82. The van der Waals surface area contributed by atoms with Gasteiger partial charge in [-0.15, -0.1) is 0 Å². The minimum absolute atomic E-state index is 0.212. The molecule has 0 aliphatic heterocycles. The molecule has 2 aromatic carbocycles. The summed E-state index contributed by atoms with van der Waals surface area (Å²) in [6.45, 7) is 1.63. The predicted molar refractivity (Wildman–Crippen MR) is 74.6 cm³/mol. The highest BCUT2D eigenvalue weighted by Crippen LogP contribution is 2.11. The monoisotopic (exact) mass is 244 g/mol. The highest BCUT2D eigenvalue weighted by atomic mass is 19.1. The van der Waals surface area contributed by atoms with Crippen molar-refractivity contribution in [2.75, 3.05) is 30.4 Å². The Bertz CT molecular complexity index is 485. The van der Waals surface area contributed by atoms with Gasteiger partial charge in [0.05, 0.1) is 0 Å². The zero-order valence-electron chi connectivity index (χ0n) is 10.4. The van der Waals surface area contributed by atoms with Crippen molar-refractivity contribution in [2.45, 2.75) is 0 Å². The first-order chi connectivity index (χ1) is 8.75. The molecular formula is C15H17FN2. The molecule has 0 saturated carbocycles. The fraction of sp³-hybridized carbons (Fsp3) is 0.200. The molecule has 18 heavy (non-hydrogen) atoms. The Morgan fingerprint density at radius 3 is 2.56 bits per heavy atom. The molecule has 0 aliphatic rings. The van der Waals surface area contributed by atoms with Crippen LogP contribution >= 0.6 is 0 Å². The lowest BCUT2D eigenvalue weighted by Crippen LogP contribution is -2.24. The van der Waals surface area contributed by atoms with Gasteiger partial charge in [-0.1, -0.05) is 24.3 Å². The van der Waals surface area contributed by atoms with Crippen LogP contribution in [-0.4, -0.2) is 20.1 Å². The third kappa shape index (κ3) is 3.48. The highest BCUT2D eigenvalue weighted by molar-refractivity contribution is 5.46.